The normalized spacial score (nSPS) is 12.6. The van der Waals surface area contributed by atoms with Gasteiger partial charge in [0.1, 0.15) is 0 Å². The highest BCUT2D eigenvalue weighted by Crippen LogP contribution is 2.17. The Morgan fingerprint density at radius 1 is 1.18 bits per heavy atom. The fraction of sp³-hybridized carbons (Fsp3) is 0.214. The highest BCUT2D eigenvalue weighted by Gasteiger charge is 2.16. The van der Waals surface area contributed by atoms with Crippen LogP contribution >= 0.6 is 0 Å². The van der Waals surface area contributed by atoms with E-state index in [0.29, 0.717) is 0 Å². The number of carbonyl (C=O) groups is 1. The van der Waals surface area contributed by atoms with Gasteiger partial charge in [-0.15, -0.1) is 0 Å². The van der Waals surface area contributed by atoms with Gasteiger partial charge in [0.2, 0.25) is 0 Å². The van der Waals surface area contributed by atoms with Crippen LogP contribution in [-0.4, -0.2) is 30.5 Å². The molecule has 0 aliphatic rings. The van der Waals surface area contributed by atoms with Gasteiger partial charge in [-0.25, -0.2) is 18.4 Å². The zero-order valence-corrected chi connectivity index (χ0v) is 13.0. The van der Waals surface area contributed by atoms with Crippen LogP contribution in [-0.2, 0) is 9.84 Å². The summed E-state index contributed by atoms with van der Waals surface area (Å²) in [5.41, 5.74) is 6.43. The summed E-state index contributed by atoms with van der Waals surface area (Å²) in [4.78, 5) is 20.0. The number of aromatic nitrogens is 2. The molecule has 1 heterocycles. The molecule has 1 aromatic carbocycles. The van der Waals surface area contributed by atoms with Gasteiger partial charge in [0.15, 0.2) is 21.3 Å². The highest BCUT2D eigenvalue weighted by atomic mass is 32.2. The van der Waals surface area contributed by atoms with Gasteiger partial charge >= 0.3 is 0 Å². The molecule has 7 nitrogen and oxygen atoms in total. The average molecular weight is 320 g/mol. The third kappa shape index (κ3) is 3.59. The molecule has 0 saturated carbocycles. The standard InChI is InChI=1S/C14H16N4O3S/c1-9(10-3-5-11(6-4-10)22(2,20)21)18-14(19)12-13(15)17-8-7-16-12/h3-9H,1-2H3,(H2,15,17)(H,18,19). The van der Waals surface area contributed by atoms with E-state index in [1.54, 1.807) is 19.1 Å². The number of rotatable bonds is 4. The second-order valence-electron chi connectivity index (χ2n) is 4.83. The van der Waals surface area contributed by atoms with Crippen LogP contribution in [0.5, 0.6) is 0 Å². The van der Waals surface area contributed by atoms with E-state index in [9.17, 15) is 13.2 Å². The van der Waals surface area contributed by atoms with Crippen LogP contribution in [0.15, 0.2) is 41.6 Å². The summed E-state index contributed by atoms with van der Waals surface area (Å²) >= 11 is 0. The topological polar surface area (TPSA) is 115 Å². The molecule has 2 aromatic rings. The fourth-order valence-corrected chi connectivity index (χ4v) is 2.51. The Bertz CT molecular complexity index is 788. The number of amides is 1. The minimum absolute atomic E-state index is 0.0552. The monoisotopic (exact) mass is 320 g/mol. The third-order valence-corrected chi connectivity index (χ3v) is 4.23. The molecule has 0 aliphatic carbocycles. The van der Waals surface area contributed by atoms with Crippen LogP contribution in [0.1, 0.15) is 29.0 Å². The summed E-state index contributed by atoms with van der Waals surface area (Å²) in [6.07, 6.45) is 3.93. The number of nitrogen functional groups attached to an aromatic ring is 1. The highest BCUT2D eigenvalue weighted by molar-refractivity contribution is 7.90. The predicted molar refractivity (Wildman–Crippen MR) is 81.9 cm³/mol. The molecule has 0 bridgehead atoms. The molecule has 1 amide bonds. The van der Waals surface area contributed by atoms with Crippen molar-refractivity contribution in [2.45, 2.75) is 17.9 Å². The first-order valence-electron chi connectivity index (χ1n) is 6.46. The van der Waals surface area contributed by atoms with E-state index in [4.69, 9.17) is 5.73 Å². The van der Waals surface area contributed by atoms with E-state index >= 15 is 0 Å². The molecule has 8 heteroatoms. The average Bonchev–Trinajstić information content (AvgIpc) is 2.46. The first-order valence-corrected chi connectivity index (χ1v) is 8.35. The SMILES string of the molecule is CC(NC(=O)c1nccnc1N)c1ccc(S(C)(=O)=O)cc1. The van der Waals surface area contributed by atoms with Gasteiger partial charge < -0.3 is 11.1 Å². The van der Waals surface area contributed by atoms with Gasteiger partial charge in [0.25, 0.3) is 5.91 Å². The summed E-state index contributed by atoms with van der Waals surface area (Å²) in [6.45, 7) is 1.78. The summed E-state index contributed by atoms with van der Waals surface area (Å²) in [6, 6.07) is 5.99. The van der Waals surface area contributed by atoms with Crippen molar-refractivity contribution in [3.8, 4) is 0 Å². The Morgan fingerprint density at radius 2 is 1.77 bits per heavy atom. The molecule has 0 radical (unpaired) electrons. The molecule has 2 rings (SSSR count). The van der Waals surface area contributed by atoms with Gasteiger partial charge in [-0.05, 0) is 24.6 Å². The van der Waals surface area contributed by atoms with Crippen molar-refractivity contribution in [3.05, 3.63) is 47.9 Å². The molecular weight excluding hydrogens is 304 g/mol. The van der Waals surface area contributed by atoms with Crippen molar-refractivity contribution in [2.75, 3.05) is 12.0 Å². The summed E-state index contributed by atoms with van der Waals surface area (Å²) in [7, 11) is -3.24. The molecular formula is C14H16N4O3S. The van der Waals surface area contributed by atoms with Crippen LogP contribution in [0, 0.1) is 0 Å². The van der Waals surface area contributed by atoms with E-state index in [1.807, 2.05) is 0 Å². The number of sulfone groups is 1. The molecule has 1 unspecified atom stereocenters. The van der Waals surface area contributed by atoms with E-state index in [2.05, 4.69) is 15.3 Å². The molecule has 22 heavy (non-hydrogen) atoms. The fourth-order valence-electron chi connectivity index (χ4n) is 1.88. The first kappa shape index (κ1) is 15.9. The van der Waals surface area contributed by atoms with Crippen molar-refractivity contribution in [3.63, 3.8) is 0 Å². The zero-order valence-electron chi connectivity index (χ0n) is 12.1. The van der Waals surface area contributed by atoms with Crippen molar-refractivity contribution in [1.29, 1.82) is 0 Å². The Morgan fingerprint density at radius 3 is 2.32 bits per heavy atom. The zero-order chi connectivity index (χ0) is 16.3. The minimum Gasteiger partial charge on any atom is -0.382 e. The van der Waals surface area contributed by atoms with Crippen LogP contribution < -0.4 is 11.1 Å². The molecule has 0 fully saturated rings. The Kier molecular flexibility index (Phi) is 4.41. The van der Waals surface area contributed by atoms with Gasteiger partial charge in [0.05, 0.1) is 10.9 Å². The smallest absolute Gasteiger partial charge is 0.274 e. The predicted octanol–water partition coefficient (Wildman–Crippen LogP) is 0.953. The molecule has 0 saturated heterocycles. The number of carbonyl (C=O) groups excluding carboxylic acids is 1. The Labute approximate surface area is 128 Å². The van der Waals surface area contributed by atoms with Crippen molar-refractivity contribution < 1.29 is 13.2 Å². The lowest BCUT2D eigenvalue weighted by molar-refractivity contribution is 0.0935. The lowest BCUT2D eigenvalue weighted by Crippen LogP contribution is -2.28. The maximum atomic E-state index is 12.1. The van der Waals surface area contributed by atoms with Gasteiger partial charge in [-0.3, -0.25) is 4.79 Å². The number of hydrogen-bond donors (Lipinski definition) is 2. The lowest BCUT2D eigenvalue weighted by atomic mass is 10.1. The quantitative estimate of drug-likeness (QED) is 0.866. The summed E-state index contributed by atoms with van der Waals surface area (Å²) in [5, 5.41) is 2.74. The maximum absolute atomic E-state index is 12.1. The summed E-state index contributed by atoms with van der Waals surface area (Å²) < 4.78 is 22.8. The van der Waals surface area contributed by atoms with Crippen LogP contribution in [0.3, 0.4) is 0 Å². The summed E-state index contributed by atoms with van der Waals surface area (Å²) in [5.74, 6) is -0.384. The molecule has 1 aromatic heterocycles. The molecule has 0 spiro atoms. The minimum atomic E-state index is -3.24. The van der Waals surface area contributed by atoms with E-state index in [-0.39, 0.29) is 22.4 Å². The number of hydrogen-bond acceptors (Lipinski definition) is 6. The van der Waals surface area contributed by atoms with Crippen molar-refractivity contribution in [2.24, 2.45) is 0 Å². The number of nitrogens with one attached hydrogen (secondary N) is 1. The van der Waals surface area contributed by atoms with Gasteiger partial charge in [-0.2, -0.15) is 0 Å². The molecule has 0 aliphatic heterocycles. The maximum Gasteiger partial charge on any atom is 0.274 e. The second-order valence-corrected chi connectivity index (χ2v) is 6.84. The largest absolute Gasteiger partial charge is 0.382 e. The third-order valence-electron chi connectivity index (χ3n) is 3.10. The second kappa shape index (κ2) is 6.10. The van der Waals surface area contributed by atoms with Crippen LogP contribution in [0.2, 0.25) is 0 Å². The van der Waals surface area contributed by atoms with Gasteiger partial charge in [0, 0.05) is 18.6 Å². The number of anilines is 1. The van der Waals surface area contributed by atoms with E-state index in [0.717, 1.165) is 11.8 Å². The Balaban J connectivity index is 2.14. The van der Waals surface area contributed by atoms with Crippen molar-refractivity contribution in [1.82, 2.24) is 15.3 Å². The molecule has 3 N–H and O–H groups in total. The van der Waals surface area contributed by atoms with E-state index in [1.165, 1.54) is 24.5 Å². The lowest BCUT2D eigenvalue weighted by Gasteiger charge is -2.14. The van der Waals surface area contributed by atoms with Crippen molar-refractivity contribution >= 4 is 21.6 Å². The van der Waals surface area contributed by atoms with Gasteiger partial charge in [-0.1, -0.05) is 12.1 Å². The Hall–Kier alpha value is -2.48. The number of benzene rings is 1. The van der Waals surface area contributed by atoms with E-state index < -0.39 is 15.7 Å². The molecule has 116 valence electrons. The van der Waals surface area contributed by atoms with Crippen LogP contribution in [0.25, 0.3) is 0 Å². The van der Waals surface area contributed by atoms with Crippen LogP contribution in [0.4, 0.5) is 5.82 Å². The number of nitrogens with zero attached hydrogens (tertiary/aromatic N) is 2. The number of nitrogens with two attached hydrogens (primary N) is 1. The first-order chi connectivity index (χ1) is 10.3. The molecule has 1 atom stereocenters.